The molecule has 0 radical (unpaired) electrons. The first-order valence-electron chi connectivity index (χ1n) is 10.9. The van der Waals surface area contributed by atoms with Crippen molar-refractivity contribution in [1.29, 1.82) is 0 Å². The van der Waals surface area contributed by atoms with Crippen molar-refractivity contribution in [2.45, 2.75) is 39.2 Å². The summed E-state index contributed by atoms with van der Waals surface area (Å²) in [6.07, 6.45) is 4.02. The van der Waals surface area contributed by atoms with Gasteiger partial charge < -0.3 is 0 Å². The fourth-order valence-corrected chi connectivity index (χ4v) is 6.26. The molecule has 1 aliphatic heterocycles. The van der Waals surface area contributed by atoms with Crippen LogP contribution in [-0.2, 0) is 6.54 Å². The average Bonchev–Trinajstić information content (AvgIpc) is 3.37. The molecule has 0 saturated carbocycles. The van der Waals surface area contributed by atoms with Gasteiger partial charge in [0, 0.05) is 35.1 Å². The predicted molar refractivity (Wildman–Crippen MR) is 130 cm³/mol. The van der Waals surface area contributed by atoms with Crippen LogP contribution in [0, 0.1) is 13.8 Å². The first kappa shape index (κ1) is 20.0. The Balaban J connectivity index is 1.36. The summed E-state index contributed by atoms with van der Waals surface area (Å²) >= 11 is 8.06. The van der Waals surface area contributed by atoms with Crippen molar-refractivity contribution in [2.24, 2.45) is 0 Å². The molecule has 8 heteroatoms. The van der Waals surface area contributed by atoms with Gasteiger partial charge in [-0.15, -0.1) is 16.4 Å². The highest BCUT2D eigenvalue weighted by Gasteiger charge is 2.26. The fourth-order valence-electron chi connectivity index (χ4n) is 4.84. The Morgan fingerprint density at radius 3 is 2.94 bits per heavy atom. The maximum absolute atomic E-state index is 6.39. The van der Waals surface area contributed by atoms with Crippen LogP contribution in [0.3, 0.4) is 0 Å². The number of hydrogen-bond donors (Lipinski definition) is 0. The molecule has 5 heterocycles. The molecule has 1 aliphatic rings. The van der Waals surface area contributed by atoms with Gasteiger partial charge in [-0.1, -0.05) is 29.8 Å². The lowest BCUT2D eigenvalue weighted by atomic mass is 9.97. The minimum absolute atomic E-state index is 0.303. The van der Waals surface area contributed by atoms with Crippen LogP contribution >= 0.6 is 22.9 Å². The quantitative estimate of drug-likeness (QED) is 0.352. The third-order valence-corrected chi connectivity index (χ3v) is 7.77. The van der Waals surface area contributed by atoms with Gasteiger partial charge in [0.05, 0.1) is 5.52 Å². The third-order valence-electron chi connectivity index (χ3n) is 6.33. The van der Waals surface area contributed by atoms with Crippen molar-refractivity contribution in [3.05, 3.63) is 64.3 Å². The van der Waals surface area contributed by atoms with Crippen molar-refractivity contribution in [1.82, 2.24) is 29.5 Å². The van der Waals surface area contributed by atoms with Crippen molar-refractivity contribution >= 4 is 49.0 Å². The van der Waals surface area contributed by atoms with Crippen LogP contribution in [0.15, 0.2) is 36.7 Å². The molecular formula is C24H23ClN6S. The highest BCUT2D eigenvalue weighted by molar-refractivity contribution is 7.26. The van der Waals surface area contributed by atoms with Gasteiger partial charge in [-0.25, -0.2) is 19.5 Å². The molecule has 1 fully saturated rings. The minimum Gasteiger partial charge on any atom is -0.298 e. The molecule has 0 N–H and O–H groups in total. The molecule has 1 aromatic carbocycles. The number of aromatic nitrogens is 5. The lowest BCUT2D eigenvalue weighted by molar-refractivity contribution is 0.196. The van der Waals surface area contributed by atoms with Crippen LogP contribution in [0.5, 0.6) is 0 Å². The van der Waals surface area contributed by atoms with E-state index >= 15 is 0 Å². The largest absolute Gasteiger partial charge is 0.298 e. The monoisotopic (exact) mass is 462 g/mol. The smallest absolute Gasteiger partial charge is 0.176 e. The first-order chi connectivity index (χ1) is 15.6. The Labute approximate surface area is 194 Å². The van der Waals surface area contributed by atoms with E-state index in [2.05, 4.69) is 24.0 Å². The molecule has 162 valence electrons. The standard InChI is InChI=1S/C24H23ClN6S/c1-14-10-15(2)27-24-19(14)20-21(32-24)23-28-22(29-31(23)13-26-20)17-7-5-9-30(12-17)11-16-6-3-4-8-18(16)25/h3-4,6,8,10,13,17H,5,7,9,11-12H2,1-2H3. The Kier molecular flexibility index (Phi) is 4.86. The molecule has 5 aromatic rings. The van der Waals surface area contributed by atoms with Gasteiger partial charge in [0.2, 0.25) is 0 Å². The molecule has 1 saturated heterocycles. The zero-order chi connectivity index (χ0) is 21.8. The summed E-state index contributed by atoms with van der Waals surface area (Å²) in [5.41, 5.74) is 5.27. The van der Waals surface area contributed by atoms with Crippen molar-refractivity contribution in [3.63, 3.8) is 0 Å². The topological polar surface area (TPSA) is 59.2 Å². The van der Waals surface area contributed by atoms with Crippen molar-refractivity contribution in [2.75, 3.05) is 13.1 Å². The number of likely N-dealkylation sites (tertiary alicyclic amines) is 1. The summed E-state index contributed by atoms with van der Waals surface area (Å²) in [5.74, 6) is 1.21. The van der Waals surface area contributed by atoms with Crippen molar-refractivity contribution < 1.29 is 0 Å². The Morgan fingerprint density at radius 1 is 1.19 bits per heavy atom. The van der Waals surface area contributed by atoms with Crippen LogP contribution in [-0.4, -0.2) is 42.6 Å². The highest BCUT2D eigenvalue weighted by Crippen LogP contribution is 2.36. The number of nitrogens with zero attached hydrogens (tertiary/aromatic N) is 6. The summed E-state index contributed by atoms with van der Waals surface area (Å²) in [4.78, 5) is 18.0. The lowest BCUT2D eigenvalue weighted by Crippen LogP contribution is -2.34. The second-order valence-corrected chi connectivity index (χ2v) is 10.1. The van der Waals surface area contributed by atoms with Crippen LogP contribution in [0.25, 0.3) is 26.1 Å². The van der Waals surface area contributed by atoms with E-state index in [0.29, 0.717) is 5.92 Å². The van der Waals surface area contributed by atoms with Crippen LogP contribution in [0.2, 0.25) is 5.02 Å². The lowest BCUT2D eigenvalue weighted by Gasteiger charge is -2.31. The van der Waals surface area contributed by atoms with E-state index in [0.717, 1.165) is 75.1 Å². The van der Waals surface area contributed by atoms with Gasteiger partial charge in [0.1, 0.15) is 15.9 Å². The Bertz CT molecular complexity index is 1470. The normalized spacial score (nSPS) is 17.7. The molecule has 6 nitrogen and oxygen atoms in total. The van der Waals surface area contributed by atoms with Gasteiger partial charge in [-0.2, -0.15) is 0 Å². The summed E-state index contributed by atoms with van der Waals surface area (Å²) in [6.45, 7) is 7.02. The van der Waals surface area contributed by atoms with Gasteiger partial charge in [-0.3, -0.25) is 4.90 Å². The summed E-state index contributed by atoms with van der Waals surface area (Å²) in [5, 5.41) is 6.79. The predicted octanol–water partition coefficient (Wildman–Crippen LogP) is 5.54. The summed E-state index contributed by atoms with van der Waals surface area (Å²) in [7, 11) is 0. The van der Waals surface area contributed by atoms with E-state index in [1.807, 2.05) is 29.6 Å². The maximum Gasteiger partial charge on any atom is 0.176 e. The zero-order valence-corrected chi connectivity index (χ0v) is 19.6. The number of benzene rings is 1. The van der Waals surface area contributed by atoms with Crippen molar-refractivity contribution in [3.8, 4) is 0 Å². The number of rotatable bonds is 3. The third kappa shape index (κ3) is 3.36. The average molecular weight is 463 g/mol. The summed E-state index contributed by atoms with van der Waals surface area (Å²) in [6, 6.07) is 10.2. The minimum atomic E-state index is 0.303. The fraction of sp³-hybridized carbons (Fsp3) is 0.333. The molecule has 0 spiro atoms. The van der Waals surface area contributed by atoms with Gasteiger partial charge >= 0.3 is 0 Å². The van der Waals surface area contributed by atoms with E-state index in [1.165, 1.54) is 11.1 Å². The molecule has 6 rings (SSSR count). The zero-order valence-electron chi connectivity index (χ0n) is 18.0. The number of thiophene rings is 1. The molecule has 4 aromatic heterocycles. The number of halogens is 1. The van der Waals surface area contributed by atoms with E-state index in [4.69, 9.17) is 31.7 Å². The van der Waals surface area contributed by atoms with Gasteiger partial charge in [-0.05, 0) is 56.5 Å². The number of aryl methyl sites for hydroxylation is 2. The SMILES string of the molecule is Cc1cc(C)c2c(n1)sc1c2ncn2nc(C3CCCN(Cc4ccccc4Cl)C3)nc12. The van der Waals surface area contributed by atoms with Gasteiger partial charge in [0.15, 0.2) is 11.5 Å². The number of hydrogen-bond acceptors (Lipinski definition) is 6. The first-order valence-corrected chi connectivity index (χ1v) is 12.1. The second kappa shape index (κ2) is 7.76. The van der Waals surface area contributed by atoms with E-state index < -0.39 is 0 Å². The highest BCUT2D eigenvalue weighted by atomic mass is 35.5. The van der Waals surface area contributed by atoms with E-state index in [-0.39, 0.29) is 0 Å². The molecule has 0 amide bonds. The number of fused-ring (bicyclic) bond motifs is 5. The molecule has 1 unspecified atom stereocenters. The Morgan fingerprint density at radius 2 is 2.06 bits per heavy atom. The van der Waals surface area contributed by atoms with Crippen LogP contribution in [0.4, 0.5) is 0 Å². The molecule has 0 bridgehead atoms. The molecular weight excluding hydrogens is 440 g/mol. The van der Waals surface area contributed by atoms with Crippen LogP contribution < -0.4 is 0 Å². The van der Waals surface area contributed by atoms with Gasteiger partial charge in [0.25, 0.3) is 0 Å². The number of pyridine rings is 1. The second-order valence-electron chi connectivity index (χ2n) is 8.69. The Hall–Kier alpha value is -2.61. The molecule has 0 aliphatic carbocycles. The number of piperidine rings is 1. The van der Waals surface area contributed by atoms with E-state index in [9.17, 15) is 0 Å². The van der Waals surface area contributed by atoms with E-state index in [1.54, 1.807) is 17.7 Å². The maximum atomic E-state index is 6.39. The van der Waals surface area contributed by atoms with Crippen LogP contribution in [0.1, 0.15) is 41.4 Å². The molecule has 1 atom stereocenters. The molecule has 32 heavy (non-hydrogen) atoms. The summed E-state index contributed by atoms with van der Waals surface area (Å²) < 4.78 is 2.90.